The first-order valence-electron chi connectivity index (χ1n) is 7.25. The average Bonchev–Trinajstić information content (AvgIpc) is 2.51. The molecule has 1 N–H and O–H groups in total. The van der Waals surface area contributed by atoms with Crippen molar-refractivity contribution >= 4 is 17.5 Å². The molecule has 120 valence electrons. The predicted octanol–water partition coefficient (Wildman–Crippen LogP) is 3.15. The monoisotopic (exact) mass is 314 g/mol. The number of likely N-dealkylation sites (N-methyl/N-ethyl adjacent to an activating group) is 1. The maximum absolute atomic E-state index is 13.3. The highest BCUT2D eigenvalue weighted by molar-refractivity contribution is 6.00. The number of halogens is 1. The summed E-state index contributed by atoms with van der Waals surface area (Å²) in [6, 6.07) is 11.4. The summed E-state index contributed by atoms with van der Waals surface area (Å²) in [4.78, 5) is 25.6. The minimum Gasteiger partial charge on any atom is -0.332 e. The molecule has 2 aromatic rings. The van der Waals surface area contributed by atoms with Crippen LogP contribution in [0, 0.1) is 19.7 Å². The van der Waals surface area contributed by atoms with Crippen LogP contribution in [0.4, 0.5) is 10.1 Å². The van der Waals surface area contributed by atoms with Crippen molar-refractivity contribution < 1.29 is 14.0 Å². The lowest BCUT2D eigenvalue weighted by Crippen LogP contribution is -2.35. The van der Waals surface area contributed by atoms with Crippen molar-refractivity contribution in [3.8, 4) is 0 Å². The number of nitrogens with zero attached hydrogens (tertiary/aromatic N) is 1. The van der Waals surface area contributed by atoms with Crippen LogP contribution in [0.3, 0.4) is 0 Å². The largest absolute Gasteiger partial charge is 0.332 e. The van der Waals surface area contributed by atoms with Crippen LogP contribution >= 0.6 is 0 Å². The summed E-state index contributed by atoms with van der Waals surface area (Å²) in [5, 5.41) is 2.73. The summed E-state index contributed by atoms with van der Waals surface area (Å²) in [6.07, 6.45) is 0. The van der Waals surface area contributed by atoms with Crippen LogP contribution in [0.15, 0.2) is 42.5 Å². The van der Waals surface area contributed by atoms with Crippen molar-refractivity contribution in [2.24, 2.45) is 0 Å². The quantitative estimate of drug-likeness (QED) is 0.942. The van der Waals surface area contributed by atoms with E-state index in [9.17, 15) is 14.0 Å². The molecule has 0 fully saturated rings. The molecular weight excluding hydrogens is 295 g/mol. The number of nitrogens with one attached hydrogen (secondary N) is 1. The molecule has 0 heterocycles. The second kappa shape index (κ2) is 7.05. The number of hydrogen-bond donors (Lipinski definition) is 1. The van der Waals surface area contributed by atoms with Gasteiger partial charge in [0.05, 0.1) is 6.54 Å². The number of hydrogen-bond acceptors (Lipinski definition) is 2. The molecule has 4 nitrogen and oxygen atoms in total. The zero-order chi connectivity index (χ0) is 17.0. The van der Waals surface area contributed by atoms with E-state index >= 15 is 0 Å². The van der Waals surface area contributed by atoms with E-state index in [4.69, 9.17) is 0 Å². The van der Waals surface area contributed by atoms with Crippen LogP contribution in [0.2, 0.25) is 0 Å². The molecule has 0 atom stereocenters. The first-order valence-corrected chi connectivity index (χ1v) is 7.25. The molecule has 5 heteroatoms. The second-order valence-corrected chi connectivity index (χ2v) is 5.53. The Morgan fingerprint density at radius 3 is 2.39 bits per heavy atom. The Hall–Kier alpha value is -2.69. The van der Waals surface area contributed by atoms with E-state index in [-0.39, 0.29) is 23.9 Å². The van der Waals surface area contributed by atoms with Gasteiger partial charge in [0.2, 0.25) is 5.91 Å². The molecule has 0 aliphatic heterocycles. The third kappa shape index (κ3) is 4.39. The van der Waals surface area contributed by atoms with Gasteiger partial charge in [0.1, 0.15) is 5.82 Å². The Morgan fingerprint density at radius 2 is 1.74 bits per heavy atom. The molecule has 2 aromatic carbocycles. The molecule has 0 aliphatic rings. The summed E-state index contributed by atoms with van der Waals surface area (Å²) >= 11 is 0. The molecule has 23 heavy (non-hydrogen) atoms. The number of amides is 2. The molecule has 0 bridgehead atoms. The first kappa shape index (κ1) is 16.7. The third-order valence-electron chi connectivity index (χ3n) is 3.49. The number of carbonyl (C=O) groups excluding carboxylic acids is 2. The summed E-state index contributed by atoms with van der Waals surface area (Å²) < 4.78 is 13.3. The van der Waals surface area contributed by atoms with Crippen molar-refractivity contribution in [1.82, 2.24) is 4.90 Å². The first-order chi connectivity index (χ1) is 10.9. The SMILES string of the molecule is Cc1ccc(NC(=O)CN(C)C(=O)c2cc(F)ccc2C)cc1. The fraction of sp³-hybridized carbons (Fsp3) is 0.222. The van der Waals surface area contributed by atoms with Crippen LogP contribution in [0.1, 0.15) is 21.5 Å². The van der Waals surface area contributed by atoms with E-state index in [1.165, 1.54) is 24.1 Å². The summed E-state index contributed by atoms with van der Waals surface area (Å²) in [7, 11) is 1.52. The third-order valence-corrected chi connectivity index (χ3v) is 3.49. The van der Waals surface area contributed by atoms with Crippen molar-refractivity contribution in [2.75, 3.05) is 18.9 Å². The van der Waals surface area contributed by atoms with Gasteiger partial charge in [-0.2, -0.15) is 0 Å². The van der Waals surface area contributed by atoms with Crippen LogP contribution in [0.25, 0.3) is 0 Å². The minimum absolute atomic E-state index is 0.108. The van der Waals surface area contributed by atoms with Gasteiger partial charge in [-0.25, -0.2) is 4.39 Å². The van der Waals surface area contributed by atoms with E-state index in [0.29, 0.717) is 11.3 Å². The lowest BCUT2D eigenvalue weighted by molar-refractivity contribution is -0.116. The molecule has 0 spiro atoms. The van der Waals surface area contributed by atoms with E-state index in [1.807, 2.05) is 19.1 Å². The average molecular weight is 314 g/mol. The highest BCUT2D eigenvalue weighted by Crippen LogP contribution is 2.13. The van der Waals surface area contributed by atoms with E-state index in [2.05, 4.69) is 5.32 Å². The van der Waals surface area contributed by atoms with Gasteiger partial charge in [-0.3, -0.25) is 9.59 Å². The van der Waals surface area contributed by atoms with E-state index < -0.39 is 5.82 Å². The number of benzene rings is 2. The Kier molecular flexibility index (Phi) is 5.11. The summed E-state index contributed by atoms with van der Waals surface area (Å²) in [5.74, 6) is -1.17. The van der Waals surface area contributed by atoms with Crippen molar-refractivity contribution in [3.05, 3.63) is 65.0 Å². The number of aryl methyl sites for hydroxylation is 2. The second-order valence-electron chi connectivity index (χ2n) is 5.53. The van der Waals surface area contributed by atoms with Crippen LogP contribution in [-0.4, -0.2) is 30.3 Å². The number of rotatable bonds is 4. The fourth-order valence-corrected chi connectivity index (χ4v) is 2.15. The Labute approximate surface area is 134 Å². The van der Waals surface area contributed by atoms with Crippen LogP contribution < -0.4 is 5.32 Å². The minimum atomic E-state index is -0.476. The predicted molar refractivity (Wildman–Crippen MR) is 87.9 cm³/mol. The zero-order valence-electron chi connectivity index (χ0n) is 13.4. The number of carbonyl (C=O) groups is 2. The van der Waals surface area contributed by atoms with Gasteiger partial charge in [0.15, 0.2) is 0 Å². The lowest BCUT2D eigenvalue weighted by Gasteiger charge is -2.18. The Morgan fingerprint density at radius 1 is 1.09 bits per heavy atom. The highest BCUT2D eigenvalue weighted by Gasteiger charge is 2.17. The molecule has 0 unspecified atom stereocenters. The molecule has 0 radical (unpaired) electrons. The molecule has 0 saturated heterocycles. The maximum Gasteiger partial charge on any atom is 0.254 e. The van der Waals surface area contributed by atoms with Crippen molar-refractivity contribution in [3.63, 3.8) is 0 Å². The van der Waals surface area contributed by atoms with Gasteiger partial charge < -0.3 is 10.2 Å². The van der Waals surface area contributed by atoms with Gasteiger partial charge in [-0.1, -0.05) is 23.8 Å². The topological polar surface area (TPSA) is 49.4 Å². The molecule has 2 amide bonds. The molecule has 0 saturated carbocycles. The summed E-state index contributed by atoms with van der Waals surface area (Å²) in [5.41, 5.74) is 2.69. The van der Waals surface area contributed by atoms with Gasteiger partial charge in [-0.15, -0.1) is 0 Å². The van der Waals surface area contributed by atoms with E-state index in [1.54, 1.807) is 25.1 Å². The highest BCUT2D eigenvalue weighted by atomic mass is 19.1. The van der Waals surface area contributed by atoms with E-state index in [0.717, 1.165) is 5.56 Å². The molecular formula is C18H19FN2O2. The molecule has 2 rings (SSSR count). The van der Waals surface area contributed by atoms with Crippen LogP contribution in [0.5, 0.6) is 0 Å². The lowest BCUT2D eigenvalue weighted by atomic mass is 10.1. The van der Waals surface area contributed by atoms with Crippen molar-refractivity contribution in [1.29, 1.82) is 0 Å². The maximum atomic E-state index is 13.3. The number of anilines is 1. The van der Waals surface area contributed by atoms with Gasteiger partial charge >= 0.3 is 0 Å². The van der Waals surface area contributed by atoms with Crippen molar-refractivity contribution in [2.45, 2.75) is 13.8 Å². The smallest absolute Gasteiger partial charge is 0.254 e. The van der Waals surface area contributed by atoms with Gasteiger partial charge in [0.25, 0.3) is 5.91 Å². The molecule has 0 aliphatic carbocycles. The standard InChI is InChI=1S/C18H19FN2O2/c1-12-4-8-15(9-5-12)20-17(22)11-21(3)18(23)16-10-14(19)7-6-13(16)2/h4-10H,11H2,1-3H3,(H,20,22). The summed E-state index contributed by atoms with van der Waals surface area (Å²) in [6.45, 7) is 3.58. The molecule has 0 aromatic heterocycles. The van der Waals surface area contributed by atoms with Crippen LogP contribution in [-0.2, 0) is 4.79 Å². The van der Waals surface area contributed by atoms with Gasteiger partial charge in [0, 0.05) is 18.3 Å². The van der Waals surface area contributed by atoms with Gasteiger partial charge in [-0.05, 0) is 43.7 Å². The Balaban J connectivity index is 2.01. The Bertz CT molecular complexity index is 726. The fourth-order valence-electron chi connectivity index (χ4n) is 2.15. The normalized spacial score (nSPS) is 10.3. The zero-order valence-corrected chi connectivity index (χ0v) is 13.4.